The first-order valence-corrected chi connectivity index (χ1v) is 8.80. The van der Waals surface area contributed by atoms with Crippen molar-refractivity contribution in [2.75, 3.05) is 19.6 Å². The Balaban J connectivity index is 0.00000182. The van der Waals surface area contributed by atoms with Crippen molar-refractivity contribution >= 4 is 18.3 Å². The van der Waals surface area contributed by atoms with Crippen molar-refractivity contribution < 1.29 is 4.79 Å². The molecule has 0 radical (unpaired) electrons. The van der Waals surface area contributed by atoms with Gasteiger partial charge in [0.05, 0.1) is 11.9 Å². The third kappa shape index (κ3) is 4.38. The van der Waals surface area contributed by atoms with Crippen LogP contribution in [0.1, 0.15) is 36.2 Å². The Kier molecular flexibility index (Phi) is 5.71. The van der Waals surface area contributed by atoms with Crippen LogP contribution in [0.3, 0.4) is 0 Å². The van der Waals surface area contributed by atoms with Crippen LogP contribution >= 0.6 is 12.4 Å². The molecule has 134 valence electrons. The van der Waals surface area contributed by atoms with E-state index in [1.165, 1.54) is 12.8 Å². The lowest BCUT2D eigenvalue weighted by molar-refractivity contribution is 0.0699. The molecule has 2 aliphatic rings. The molecule has 1 aromatic heterocycles. The molecule has 0 bridgehead atoms. The third-order valence-electron chi connectivity index (χ3n) is 4.91. The number of aromatic nitrogens is 3. The van der Waals surface area contributed by atoms with Crippen molar-refractivity contribution in [3.05, 3.63) is 42.2 Å². The molecule has 25 heavy (non-hydrogen) atoms. The third-order valence-corrected chi connectivity index (χ3v) is 4.91. The van der Waals surface area contributed by atoms with E-state index < -0.39 is 0 Å². The van der Waals surface area contributed by atoms with Crippen LogP contribution in [0, 0.1) is 5.92 Å². The maximum absolute atomic E-state index is 12.6. The fourth-order valence-corrected chi connectivity index (χ4v) is 3.17. The number of hydrogen-bond donors (Lipinski definition) is 1. The average Bonchev–Trinajstić information content (AvgIpc) is 3.34. The number of likely N-dealkylation sites (tertiary alicyclic amines) is 1. The quantitative estimate of drug-likeness (QED) is 0.887. The molecular formula is C18H24ClN5O. The van der Waals surface area contributed by atoms with Crippen molar-refractivity contribution in [1.82, 2.24) is 25.2 Å². The minimum atomic E-state index is -0.0159. The summed E-state index contributed by atoms with van der Waals surface area (Å²) >= 11 is 0. The molecule has 0 unspecified atom stereocenters. The topological polar surface area (TPSA) is 63.1 Å². The predicted octanol–water partition coefficient (Wildman–Crippen LogP) is 2.29. The molecule has 2 aromatic rings. The molecular weight excluding hydrogens is 338 g/mol. The highest BCUT2D eigenvalue weighted by Gasteiger charge is 2.27. The van der Waals surface area contributed by atoms with Gasteiger partial charge in [-0.25, -0.2) is 4.68 Å². The SMILES string of the molecule is Cl.O=C(c1cn(-c2ccccc2)nn1)N1CCC(NCC2CC2)CC1. The van der Waals surface area contributed by atoms with Crippen molar-refractivity contribution in [2.45, 2.75) is 31.7 Å². The monoisotopic (exact) mass is 361 g/mol. The standard InChI is InChI=1S/C18H23N5O.ClH/c24-18(17-13-23(21-20-17)16-4-2-1-3-5-16)22-10-8-15(9-11-22)19-12-14-6-7-14;/h1-5,13-15,19H,6-12H2;1H. The number of nitrogens with zero attached hydrogens (tertiary/aromatic N) is 4. The molecule has 1 amide bonds. The highest BCUT2D eigenvalue weighted by molar-refractivity contribution is 5.92. The number of amides is 1. The first-order chi connectivity index (χ1) is 11.8. The summed E-state index contributed by atoms with van der Waals surface area (Å²) in [6.07, 6.45) is 6.51. The second-order valence-electron chi connectivity index (χ2n) is 6.80. The number of nitrogens with one attached hydrogen (secondary N) is 1. The summed E-state index contributed by atoms with van der Waals surface area (Å²) in [5, 5.41) is 11.8. The van der Waals surface area contributed by atoms with Gasteiger partial charge < -0.3 is 10.2 Å². The van der Waals surface area contributed by atoms with E-state index in [2.05, 4.69) is 15.6 Å². The minimum absolute atomic E-state index is 0. The summed E-state index contributed by atoms with van der Waals surface area (Å²) < 4.78 is 1.65. The van der Waals surface area contributed by atoms with Gasteiger partial charge in [0.25, 0.3) is 5.91 Å². The maximum atomic E-state index is 12.6. The fraction of sp³-hybridized carbons (Fsp3) is 0.500. The average molecular weight is 362 g/mol. The molecule has 0 atom stereocenters. The summed E-state index contributed by atoms with van der Waals surface area (Å²) in [6.45, 7) is 2.72. The number of benzene rings is 1. The Bertz CT molecular complexity index is 693. The molecule has 1 aromatic carbocycles. The van der Waals surface area contributed by atoms with Crippen molar-refractivity contribution in [2.24, 2.45) is 5.92 Å². The van der Waals surface area contributed by atoms with Gasteiger partial charge in [0.15, 0.2) is 5.69 Å². The van der Waals surface area contributed by atoms with Gasteiger partial charge in [0, 0.05) is 19.1 Å². The molecule has 0 spiro atoms. The number of piperidine rings is 1. The van der Waals surface area contributed by atoms with Gasteiger partial charge in [0.2, 0.25) is 0 Å². The first-order valence-electron chi connectivity index (χ1n) is 8.80. The van der Waals surface area contributed by atoms with Gasteiger partial charge in [-0.1, -0.05) is 23.4 Å². The van der Waals surface area contributed by atoms with Gasteiger partial charge >= 0.3 is 0 Å². The highest BCUT2D eigenvalue weighted by atomic mass is 35.5. The second-order valence-corrected chi connectivity index (χ2v) is 6.80. The minimum Gasteiger partial charge on any atom is -0.337 e. The van der Waals surface area contributed by atoms with Crippen molar-refractivity contribution in [3.8, 4) is 5.69 Å². The lowest BCUT2D eigenvalue weighted by Crippen LogP contribution is -2.45. The van der Waals surface area contributed by atoms with Crippen LogP contribution in [-0.4, -0.2) is 51.5 Å². The normalized spacial score (nSPS) is 18.0. The second kappa shape index (κ2) is 7.97. The Morgan fingerprint density at radius 1 is 1.12 bits per heavy atom. The molecule has 2 heterocycles. The number of para-hydroxylation sites is 1. The van der Waals surface area contributed by atoms with Gasteiger partial charge in [-0.15, -0.1) is 17.5 Å². The first kappa shape index (κ1) is 17.9. The van der Waals surface area contributed by atoms with Gasteiger partial charge in [-0.2, -0.15) is 0 Å². The van der Waals surface area contributed by atoms with Crippen LogP contribution in [0.4, 0.5) is 0 Å². The van der Waals surface area contributed by atoms with E-state index in [9.17, 15) is 4.79 Å². The summed E-state index contributed by atoms with van der Waals surface area (Å²) in [5.41, 5.74) is 1.33. The number of carbonyl (C=O) groups excluding carboxylic acids is 1. The number of carbonyl (C=O) groups is 1. The predicted molar refractivity (Wildman–Crippen MR) is 98.3 cm³/mol. The lowest BCUT2D eigenvalue weighted by atomic mass is 10.0. The van der Waals surface area contributed by atoms with E-state index in [1.807, 2.05) is 35.2 Å². The maximum Gasteiger partial charge on any atom is 0.276 e. The molecule has 1 aliphatic heterocycles. The Morgan fingerprint density at radius 3 is 2.52 bits per heavy atom. The molecule has 1 saturated heterocycles. The molecule has 2 fully saturated rings. The molecule has 1 aliphatic carbocycles. The number of halogens is 1. The van der Waals surface area contributed by atoms with Crippen LogP contribution in [0.25, 0.3) is 5.69 Å². The molecule has 7 heteroatoms. The summed E-state index contributed by atoms with van der Waals surface area (Å²) in [5.74, 6) is 0.885. The van der Waals surface area contributed by atoms with Gasteiger partial charge in [-0.05, 0) is 50.3 Å². The van der Waals surface area contributed by atoms with Crippen LogP contribution in [0.2, 0.25) is 0 Å². The van der Waals surface area contributed by atoms with Crippen LogP contribution < -0.4 is 5.32 Å². The van der Waals surface area contributed by atoms with E-state index in [1.54, 1.807) is 10.9 Å². The summed E-state index contributed by atoms with van der Waals surface area (Å²) in [7, 11) is 0. The number of rotatable bonds is 5. The van der Waals surface area contributed by atoms with E-state index in [0.717, 1.165) is 44.1 Å². The highest BCUT2D eigenvalue weighted by Crippen LogP contribution is 2.28. The van der Waals surface area contributed by atoms with Gasteiger partial charge in [-0.3, -0.25) is 4.79 Å². The molecule has 4 rings (SSSR count). The zero-order chi connectivity index (χ0) is 16.4. The molecule has 1 saturated carbocycles. The Morgan fingerprint density at radius 2 is 1.84 bits per heavy atom. The smallest absolute Gasteiger partial charge is 0.276 e. The number of hydrogen-bond acceptors (Lipinski definition) is 4. The van der Waals surface area contributed by atoms with E-state index in [-0.39, 0.29) is 18.3 Å². The summed E-state index contributed by atoms with van der Waals surface area (Å²) in [4.78, 5) is 14.5. The molecule has 6 nitrogen and oxygen atoms in total. The Hall–Kier alpha value is -1.92. The largest absolute Gasteiger partial charge is 0.337 e. The van der Waals surface area contributed by atoms with Crippen molar-refractivity contribution in [1.29, 1.82) is 0 Å². The summed E-state index contributed by atoms with van der Waals surface area (Å²) in [6, 6.07) is 10.3. The zero-order valence-corrected chi connectivity index (χ0v) is 15.0. The van der Waals surface area contributed by atoms with E-state index in [0.29, 0.717) is 11.7 Å². The fourth-order valence-electron chi connectivity index (χ4n) is 3.17. The Labute approximate surface area is 154 Å². The zero-order valence-electron chi connectivity index (χ0n) is 14.2. The van der Waals surface area contributed by atoms with Crippen LogP contribution in [0.5, 0.6) is 0 Å². The van der Waals surface area contributed by atoms with Crippen molar-refractivity contribution in [3.63, 3.8) is 0 Å². The molecule has 1 N–H and O–H groups in total. The van der Waals surface area contributed by atoms with Crippen LogP contribution in [-0.2, 0) is 0 Å². The van der Waals surface area contributed by atoms with Gasteiger partial charge in [0.1, 0.15) is 0 Å². The van der Waals surface area contributed by atoms with Crippen LogP contribution in [0.15, 0.2) is 36.5 Å². The van der Waals surface area contributed by atoms with E-state index in [4.69, 9.17) is 0 Å². The van der Waals surface area contributed by atoms with E-state index >= 15 is 0 Å². The lowest BCUT2D eigenvalue weighted by Gasteiger charge is -2.32.